The number of allylic oxidation sites excluding steroid dienone is 6. The molecule has 148 valence electrons. The van der Waals surface area contributed by atoms with Gasteiger partial charge < -0.3 is 0 Å². The van der Waals surface area contributed by atoms with Gasteiger partial charge in [0.25, 0.3) is 11.4 Å². The van der Waals surface area contributed by atoms with E-state index in [2.05, 4.69) is 20.5 Å². The predicted molar refractivity (Wildman–Crippen MR) is 110 cm³/mol. The molecule has 0 amide bonds. The summed E-state index contributed by atoms with van der Waals surface area (Å²) in [5, 5.41) is 37.7. The van der Waals surface area contributed by atoms with Crippen LogP contribution in [0.25, 0.3) is 0 Å². The van der Waals surface area contributed by atoms with E-state index in [0.717, 1.165) is 0 Å². The van der Waals surface area contributed by atoms with Crippen LogP contribution in [-0.2, 0) is 0 Å². The molecular weight excluding hydrogens is 388 g/mol. The maximum absolute atomic E-state index is 10.7. The van der Waals surface area contributed by atoms with Crippen LogP contribution in [0.5, 0.6) is 0 Å². The molecule has 10 heteroatoms. The number of nitro groups is 2. The first-order chi connectivity index (χ1) is 14.5. The molecule has 0 spiro atoms. The lowest BCUT2D eigenvalue weighted by atomic mass is 10.2. The van der Waals surface area contributed by atoms with E-state index in [-0.39, 0.29) is 11.4 Å². The van der Waals surface area contributed by atoms with Gasteiger partial charge in [-0.2, -0.15) is 20.5 Å². The molecule has 0 N–H and O–H groups in total. The van der Waals surface area contributed by atoms with Gasteiger partial charge in [0.15, 0.2) is 0 Å². The average Bonchev–Trinajstić information content (AvgIpc) is 2.73. The van der Waals surface area contributed by atoms with E-state index in [9.17, 15) is 20.2 Å². The molecule has 0 unspecified atom stereocenters. The van der Waals surface area contributed by atoms with Crippen molar-refractivity contribution in [3.05, 3.63) is 117 Å². The first-order valence-electron chi connectivity index (χ1n) is 8.60. The molecule has 0 radical (unpaired) electrons. The first kappa shape index (κ1) is 20.1. The Balaban J connectivity index is 1.67. The molecule has 0 aliphatic heterocycles. The van der Waals surface area contributed by atoms with Gasteiger partial charge in [-0.1, -0.05) is 12.2 Å². The van der Waals surface area contributed by atoms with Gasteiger partial charge >= 0.3 is 0 Å². The molecule has 0 saturated heterocycles. The Morgan fingerprint density at radius 3 is 1.27 bits per heavy atom. The summed E-state index contributed by atoms with van der Waals surface area (Å²) in [5.41, 5.74) is 2.01. The van der Waals surface area contributed by atoms with Gasteiger partial charge in [0, 0.05) is 24.3 Å². The minimum Gasteiger partial charge on any atom is -0.258 e. The minimum absolute atomic E-state index is 0.0184. The molecule has 1 aliphatic rings. The third-order valence-corrected chi connectivity index (χ3v) is 3.75. The molecule has 0 heterocycles. The van der Waals surface area contributed by atoms with Crippen molar-refractivity contribution in [1.29, 1.82) is 0 Å². The fourth-order valence-electron chi connectivity index (χ4n) is 2.24. The maximum atomic E-state index is 10.7. The van der Waals surface area contributed by atoms with Gasteiger partial charge in [-0.3, -0.25) is 20.2 Å². The molecule has 0 fully saturated rings. The smallest absolute Gasteiger partial charge is 0.258 e. The number of hydrogen-bond donors (Lipinski definition) is 0. The van der Waals surface area contributed by atoms with Gasteiger partial charge in [-0.05, 0) is 48.6 Å². The summed E-state index contributed by atoms with van der Waals surface area (Å²) in [5.74, 6) is 0. The molecule has 0 saturated carbocycles. The van der Waals surface area contributed by atoms with Crippen LogP contribution in [0.1, 0.15) is 0 Å². The molecule has 0 aromatic heterocycles. The van der Waals surface area contributed by atoms with Gasteiger partial charge in [-0.15, -0.1) is 0 Å². The van der Waals surface area contributed by atoms with E-state index in [4.69, 9.17) is 0 Å². The van der Waals surface area contributed by atoms with Crippen molar-refractivity contribution in [2.24, 2.45) is 20.5 Å². The minimum atomic E-state index is -0.481. The summed E-state index contributed by atoms with van der Waals surface area (Å²) in [6.07, 6.45) is 10.4. The molecule has 30 heavy (non-hydrogen) atoms. The van der Waals surface area contributed by atoms with Crippen LogP contribution in [0.2, 0.25) is 0 Å². The quantitative estimate of drug-likeness (QED) is 0.320. The van der Waals surface area contributed by atoms with Crippen LogP contribution < -0.4 is 0 Å². The highest BCUT2D eigenvalue weighted by atomic mass is 16.6. The third kappa shape index (κ3) is 5.70. The Morgan fingerprint density at radius 1 is 0.567 bits per heavy atom. The zero-order valence-electron chi connectivity index (χ0n) is 15.4. The van der Waals surface area contributed by atoms with Crippen molar-refractivity contribution in [3.8, 4) is 0 Å². The van der Waals surface area contributed by atoms with Gasteiger partial charge in [0.2, 0.25) is 0 Å². The Labute approximate surface area is 170 Å². The van der Waals surface area contributed by atoms with Gasteiger partial charge in [0.1, 0.15) is 0 Å². The van der Waals surface area contributed by atoms with Crippen molar-refractivity contribution < 1.29 is 9.85 Å². The van der Waals surface area contributed by atoms with E-state index in [1.165, 1.54) is 48.5 Å². The second kappa shape index (κ2) is 9.55. The van der Waals surface area contributed by atoms with Crippen molar-refractivity contribution >= 4 is 22.7 Å². The van der Waals surface area contributed by atoms with Crippen molar-refractivity contribution in [1.82, 2.24) is 0 Å². The highest BCUT2D eigenvalue weighted by molar-refractivity contribution is 5.45. The normalized spacial score (nSPS) is 19.3. The van der Waals surface area contributed by atoms with E-state index in [1.54, 1.807) is 36.5 Å². The molecule has 10 nitrogen and oxygen atoms in total. The van der Waals surface area contributed by atoms with Crippen LogP contribution in [0.4, 0.5) is 22.7 Å². The number of benzene rings is 2. The highest BCUT2D eigenvalue weighted by Crippen LogP contribution is 2.21. The van der Waals surface area contributed by atoms with Crippen molar-refractivity contribution in [2.45, 2.75) is 0 Å². The van der Waals surface area contributed by atoms with E-state index < -0.39 is 9.85 Å². The third-order valence-electron chi connectivity index (χ3n) is 3.75. The number of nitrogens with zero attached hydrogens (tertiary/aromatic N) is 6. The Morgan fingerprint density at radius 2 is 0.933 bits per heavy atom. The summed E-state index contributed by atoms with van der Waals surface area (Å²) in [4.78, 5) is 20.4. The van der Waals surface area contributed by atoms with E-state index in [1.807, 2.05) is 0 Å². The summed E-state index contributed by atoms with van der Waals surface area (Å²) in [7, 11) is 0. The van der Waals surface area contributed by atoms with Crippen LogP contribution in [-0.4, -0.2) is 9.85 Å². The van der Waals surface area contributed by atoms with Crippen LogP contribution in [0.3, 0.4) is 0 Å². The van der Waals surface area contributed by atoms with Crippen LogP contribution in [0, 0.1) is 20.2 Å². The Bertz CT molecular complexity index is 1040. The van der Waals surface area contributed by atoms with E-state index in [0.29, 0.717) is 22.8 Å². The highest BCUT2D eigenvalue weighted by Gasteiger charge is 2.04. The summed E-state index contributed by atoms with van der Waals surface area (Å²) < 4.78 is 0. The van der Waals surface area contributed by atoms with Crippen LogP contribution >= 0.6 is 0 Å². The first-order valence-corrected chi connectivity index (χ1v) is 8.60. The molecule has 1 aliphatic carbocycles. The number of azo groups is 2. The molecule has 0 atom stereocenters. The number of rotatable bonds is 6. The SMILES string of the molecule is O=[N+]([O-])c1ccc(N=NC2=C/C=C\C=C(N=Nc3ccc([N+](=O)[O-])cc3)/C=C\2)cc1. The monoisotopic (exact) mass is 402 g/mol. The van der Waals surface area contributed by atoms with Gasteiger partial charge in [-0.25, -0.2) is 0 Å². The zero-order chi connectivity index (χ0) is 21.3. The lowest BCUT2D eigenvalue weighted by Gasteiger charge is -1.97. The average molecular weight is 402 g/mol. The van der Waals surface area contributed by atoms with Crippen molar-refractivity contribution in [3.63, 3.8) is 0 Å². The summed E-state index contributed by atoms with van der Waals surface area (Å²) in [6, 6.07) is 11.5. The Kier molecular flexibility index (Phi) is 6.41. The molecule has 2 aromatic rings. The van der Waals surface area contributed by atoms with E-state index >= 15 is 0 Å². The fraction of sp³-hybridized carbons (Fsp3) is 0. The predicted octanol–water partition coefficient (Wildman–Crippen LogP) is 6.26. The van der Waals surface area contributed by atoms with Crippen LogP contribution in [0.15, 0.2) is 117 Å². The fourth-order valence-corrected chi connectivity index (χ4v) is 2.24. The number of non-ortho nitro benzene ring substituents is 2. The summed E-state index contributed by atoms with van der Waals surface area (Å²) >= 11 is 0. The second-order valence-corrected chi connectivity index (χ2v) is 5.85. The maximum Gasteiger partial charge on any atom is 0.269 e. The zero-order valence-corrected chi connectivity index (χ0v) is 15.4. The second-order valence-electron chi connectivity index (χ2n) is 5.85. The van der Waals surface area contributed by atoms with Crippen molar-refractivity contribution in [2.75, 3.05) is 0 Å². The topological polar surface area (TPSA) is 136 Å². The Hall–Kier alpha value is -4.60. The number of hydrogen-bond acceptors (Lipinski definition) is 8. The lowest BCUT2D eigenvalue weighted by molar-refractivity contribution is -0.385. The summed E-state index contributed by atoms with van der Waals surface area (Å²) in [6.45, 7) is 0. The standard InChI is InChI=1S/C20H14N6O4/c27-25(28)19-11-7-17(8-12-19)23-21-15-3-1-2-4-16(6-5-15)22-24-18-9-13-20(14-10-18)26(29)30/h1-14H/b2-1-,3-1?,4-2?,6-5-,15-3+,15-5?,16-4+,16-6?,23-21?,24-22?. The van der Waals surface area contributed by atoms with Gasteiger partial charge in [0.05, 0.1) is 32.6 Å². The number of nitro benzene ring substituents is 2. The molecular formula is C20H14N6O4. The molecule has 2 aromatic carbocycles. The molecule has 0 bridgehead atoms. The lowest BCUT2D eigenvalue weighted by Crippen LogP contribution is -1.85. The molecule has 3 rings (SSSR count). The largest absolute Gasteiger partial charge is 0.269 e.